The Morgan fingerprint density at radius 2 is 1.66 bits per heavy atom. The van der Waals surface area contributed by atoms with Gasteiger partial charge < -0.3 is 14.8 Å². The molecule has 0 fully saturated rings. The second kappa shape index (κ2) is 8.92. The molecule has 0 saturated carbocycles. The second-order valence-electron chi connectivity index (χ2n) is 7.62. The molecule has 1 aliphatic rings. The molecule has 8 heteroatoms. The van der Waals surface area contributed by atoms with Crippen molar-refractivity contribution in [1.29, 1.82) is 0 Å². The SMILES string of the molecule is Cc1cccc(NS(=O)(=O)c2ccc(C)c(C(=O)Nc3ccc4c(c3)OCCCO4)c2)c1. The van der Waals surface area contributed by atoms with E-state index < -0.39 is 15.9 Å². The van der Waals surface area contributed by atoms with Crippen molar-refractivity contribution in [2.75, 3.05) is 23.3 Å². The van der Waals surface area contributed by atoms with Crippen LogP contribution in [0.1, 0.15) is 27.9 Å². The third-order valence-electron chi connectivity index (χ3n) is 5.04. The molecule has 1 aliphatic heterocycles. The lowest BCUT2D eigenvalue weighted by Gasteiger charge is -2.13. The first-order valence-corrected chi connectivity index (χ1v) is 11.7. The predicted octanol–water partition coefficient (Wildman–Crippen LogP) is 4.52. The van der Waals surface area contributed by atoms with Crippen LogP contribution in [0.3, 0.4) is 0 Å². The fraction of sp³-hybridized carbons (Fsp3) is 0.208. The summed E-state index contributed by atoms with van der Waals surface area (Å²) in [6.45, 7) is 4.76. The van der Waals surface area contributed by atoms with Gasteiger partial charge in [0.15, 0.2) is 11.5 Å². The number of benzene rings is 3. The number of hydrogen-bond acceptors (Lipinski definition) is 5. The van der Waals surface area contributed by atoms with Crippen molar-refractivity contribution in [2.24, 2.45) is 0 Å². The fourth-order valence-electron chi connectivity index (χ4n) is 3.37. The van der Waals surface area contributed by atoms with Crippen LogP contribution in [-0.4, -0.2) is 27.5 Å². The molecule has 3 aromatic carbocycles. The molecule has 3 aromatic rings. The number of amides is 1. The average molecular weight is 453 g/mol. The number of sulfonamides is 1. The molecule has 0 aliphatic carbocycles. The Kier molecular flexibility index (Phi) is 6.05. The highest BCUT2D eigenvalue weighted by atomic mass is 32.2. The highest BCUT2D eigenvalue weighted by Gasteiger charge is 2.19. The standard InChI is InChI=1S/C24H24N2O5S/c1-16-5-3-6-19(13-16)26-32(28,29)20-9-7-17(2)21(15-20)24(27)25-18-8-10-22-23(14-18)31-12-4-11-30-22/h3,5-10,13-15,26H,4,11-12H2,1-2H3,(H,25,27). The van der Waals surface area contributed by atoms with Crippen LogP contribution in [0.25, 0.3) is 0 Å². The van der Waals surface area contributed by atoms with Crippen molar-refractivity contribution in [1.82, 2.24) is 0 Å². The number of carbonyl (C=O) groups excluding carboxylic acids is 1. The zero-order chi connectivity index (χ0) is 22.7. The number of anilines is 2. The average Bonchev–Trinajstić information content (AvgIpc) is 2.98. The van der Waals surface area contributed by atoms with Crippen LogP contribution in [-0.2, 0) is 10.0 Å². The lowest BCUT2D eigenvalue weighted by Crippen LogP contribution is -2.17. The number of hydrogen-bond donors (Lipinski definition) is 2. The molecule has 166 valence electrons. The highest BCUT2D eigenvalue weighted by molar-refractivity contribution is 7.92. The van der Waals surface area contributed by atoms with Crippen molar-refractivity contribution in [2.45, 2.75) is 25.2 Å². The van der Waals surface area contributed by atoms with Gasteiger partial charge in [-0.2, -0.15) is 0 Å². The van der Waals surface area contributed by atoms with Gasteiger partial charge in [-0.3, -0.25) is 9.52 Å². The minimum absolute atomic E-state index is 0.00779. The first-order valence-electron chi connectivity index (χ1n) is 10.2. The van der Waals surface area contributed by atoms with E-state index in [2.05, 4.69) is 10.0 Å². The molecule has 0 aromatic heterocycles. The monoisotopic (exact) mass is 452 g/mol. The van der Waals surface area contributed by atoms with Crippen LogP contribution in [0, 0.1) is 13.8 Å². The van der Waals surface area contributed by atoms with Crippen LogP contribution in [0.15, 0.2) is 65.6 Å². The summed E-state index contributed by atoms with van der Waals surface area (Å²) in [5.74, 6) is 0.785. The van der Waals surface area contributed by atoms with E-state index >= 15 is 0 Å². The molecule has 1 heterocycles. The Hall–Kier alpha value is -3.52. The summed E-state index contributed by atoms with van der Waals surface area (Å²) in [7, 11) is -3.86. The molecule has 2 N–H and O–H groups in total. The molecular weight excluding hydrogens is 428 g/mol. The van der Waals surface area contributed by atoms with Gasteiger partial charge in [0.2, 0.25) is 0 Å². The van der Waals surface area contributed by atoms with Crippen molar-refractivity contribution in [3.8, 4) is 11.5 Å². The van der Waals surface area contributed by atoms with Gasteiger partial charge in [-0.15, -0.1) is 0 Å². The van der Waals surface area contributed by atoms with E-state index in [1.165, 1.54) is 12.1 Å². The largest absolute Gasteiger partial charge is 0.490 e. The summed E-state index contributed by atoms with van der Waals surface area (Å²) >= 11 is 0. The van der Waals surface area contributed by atoms with E-state index in [9.17, 15) is 13.2 Å². The fourth-order valence-corrected chi connectivity index (χ4v) is 4.45. The number of fused-ring (bicyclic) bond motifs is 1. The van der Waals surface area contributed by atoms with Gasteiger partial charge in [0.25, 0.3) is 15.9 Å². The summed E-state index contributed by atoms with van der Waals surface area (Å²) in [5.41, 5.74) is 2.86. The summed E-state index contributed by atoms with van der Waals surface area (Å²) in [6, 6.07) is 16.7. The molecule has 0 radical (unpaired) electrons. The molecule has 1 amide bonds. The number of carbonyl (C=O) groups is 1. The quantitative estimate of drug-likeness (QED) is 0.594. The molecule has 0 bridgehead atoms. The maximum Gasteiger partial charge on any atom is 0.261 e. The maximum absolute atomic E-state index is 13.0. The predicted molar refractivity (Wildman–Crippen MR) is 123 cm³/mol. The van der Waals surface area contributed by atoms with Gasteiger partial charge in [-0.25, -0.2) is 8.42 Å². The molecule has 0 spiro atoms. The van der Waals surface area contributed by atoms with Crippen LogP contribution < -0.4 is 19.5 Å². The Bertz CT molecular complexity index is 1270. The zero-order valence-corrected chi connectivity index (χ0v) is 18.7. The topological polar surface area (TPSA) is 93.7 Å². The van der Waals surface area contributed by atoms with Crippen LogP contribution >= 0.6 is 0 Å². The Morgan fingerprint density at radius 3 is 2.44 bits per heavy atom. The van der Waals surface area contributed by atoms with E-state index in [4.69, 9.17) is 9.47 Å². The van der Waals surface area contributed by atoms with Crippen LogP contribution in [0.4, 0.5) is 11.4 Å². The summed E-state index contributed by atoms with van der Waals surface area (Å²) in [5, 5.41) is 2.82. The second-order valence-corrected chi connectivity index (χ2v) is 9.30. The van der Waals surface area contributed by atoms with E-state index in [0.717, 1.165) is 12.0 Å². The molecular formula is C24H24N2O5S. The molecule has 4 rings (SSSR count). The summed E-state index contributed by atoms with van der Waals surface area (Å²) in [4.78, 5) is 13.0. The van der Waals surface area contributed by atoms with Crippen molar-refractivity contribution >= 4 is 27.3 Å². The lowest BCUT2D eigenvalue weighted by molar-refractivity contribution is 0.102. The van der Waals surface area contributed by atoms with Gasteiger partial charge in [-0.1, -0.05) is 18.2 Å². The third kappa shape index (κ3) is 4.86. The molecule has 0 saturated heterocycles. The zero-order valence-electron chi connectivity index (χ0n) is 17.8. The number of aryl methyl sites for hydroxylation is 2. The lowest BCUT2D eigenvalue weighted by atomic mass is 10.1. The molecule has 7 nitrogen and oxygen atoms in total. The van der Waals surface area contributed by atoms with Gasteiger partial charge in [0.05, 0.1) is 18.1 Å². The third-order valence-corrected chi connectivity index (χ3v) is 6.42. The van der Waals surface area contributed by atoms with E-state index in [1.54, 1.807) is 49.4 Å². The van der Waals surface area contributed by atoms with E-state index in [1.807, 2.05) is 13.0 Å². The first-order chi connectivity index (χ1) is 15.3. The van der Waals surface area contributed by atoms with Gasteiger partial charge >= 0.3 is 0 Å². The molecule has 0 unspecified atom stereocenters. The number of ether oxygens (including phenoxy) is 2. The first kappa shape index (κ1) is 21.7. The normalized spacial score (nSPS) is 13.2. The van der Waals surface area contributed by atoms with Crippen LogP contribution in [0.2, 0.25) is 0 Å². The molecule has 32 heavy (non-hydrogen) atoms. The van der Waals surface area contributed by atoms with Gasteiger partial charge in [-0.05, 0) is 61.4 Å². The van der Waals surface area contributed by atoms with Crippen molar-refractivity contribution in [3.05, 3.63) is 77.4 Å². The van der Waals surface area contributed by atoms with Gasteiger partial charge in [0.1, 0.15) is 0 Å². The molecule has 0 atom stereocenters. The number of nitrogens with one attached hydrogen (secondary N) is 2. The Labute approximate surface area is 187 Å². The minimum atomic E-state index is -3.86. The summed E-state index contributed by atoms with van der Waals surface area (Å²) < 4.78 is 39.6. The van der Waals surface area contributed by atoms with E-state index in [-0.39, 0.29) is 10.5 Å². The minimum Gasteiger partial charge on any atom is -0.490 e. The summed E-state index contributed by atoms with van der Waals surface area (Å²) in [6.07, 6.45) is 0.785. The maximum atomic E-state index is 13.0. The van der Waals surface area contributed by atoms with Crippen molar-refractivity contribution in [3.63, 3.8) is 0 Å². The van der Waals surface area contributed by atoms with Crippen LogP contribution in [0.5, 0.6) is 11.5 Å². The van der Waals surface area contributed by atoms with E-state index in [0.29, 0.717) is 41.7 Å². The smallest absolute Gasteiger partial charge is 0.261 e. The number of rotatable bonds is 5. The Balaban J connectivity index is 1.57. The van der Waals surface area contributed by atoms with Gasteiger partial charge in [0, 0.05) is 29.4 Å². The highest BCUT2D eigenvalue weighted by Crippen LogP contribution is 2.32. The van der Waals surface area contributed by atoms with Crippen molar-refractivity contribution < 1.29 is 22.7 Å². The Morgan fingerprint density at radius 1 is 0.875 bits per heavy atom.